The van der Waals surface area contributed by atoms with Gasteiger partial charge >= 0.3 is 0 Å². The molecule has 0 spiro atoms. The number of halogens is 1. The molecule has 0 fully saturated rings. The minimum absolute atomic E-state index is 0. The summed E-state index contributed by atoms with van der Waals surface area (Å²) < 4.78 is 0. The summed E-state index contributed by atoms with van der Waals surface area (Å²) in [5, 5.41) is 5.75. The molecule has 0 radical (unpaired) electrons. The number of hydrogen-bond donors (Lipinski definition) is 3. The van der Waals surface area contributed by atoms with Crippen LogP contribution in [-0.2, 0) is 0 Å². The van der Waals surface area contributed by atoms with Gasteiger partial charge in [0.25, 0.3) is 5.91 Å². The topological polar surface area (TPSA) is 92.4 Å². The van der Waals surface area contributed by atoms with Crippen LogP contribution < -0.4 is 16.4 Å². The Bertz CT molecular complexity index is 643. The highest BCUT2D eigenvalue weighted by atomic mass is 127. The number of carbonyl (C=O) groups is 1. The molecule has 0 saturated heterocycles. The Balaban J connectivity index is 0.00000264. The third kappa shape index (κ3) is 6.64. The molecule has 6 nitrogen and oxygen atoms in total. The summed E-state index contributed by atoms with van der Waals surface area (Å²) in [5.41, 5.74) is 8.37. The van der Waals surface area contributed by atoms with Crippen molar-refractivity contribution in [3.8, 4) is 0 Å². The molecule has 0 bridgehead atoms. The number of nitrogens with one attached hydrogen (secondary N) is 2. The molecule has 0 saturated carbocycles. The Labute approximate surface area is 152 Å². The molecule has 2 aromatic rings. The zero-order valence-corrected chi connectivity index (χ0v) is 15.2. The van der Waals surface area contributed by atoms with Crippen molar-refractivity contribution >= 4 is 41.5 Å². The van der Waals surface area contributed by atoms with Crippen LogP contribution in [-0.4, -0.2) is 29.9 Å². The first-order chi connectivity index (χ1) is 10.6. The Morgan fingerprint density at radius 3 is 2.65 bits per heavy atom. The molecule has 1 amide bonds. The zero-order valence-electron chi connectivity index (χ0n) is 12.8. The number of rotatable bonds is 5. The summed E-state index contributed by atoms with van der Waals surface area (Å²) in [7, 11) is 0. The molecule has 1 heterocycles. The van der Waals surface area contributed by atoms with E-state index in [0.29, 0.717) is 24.6 Å². The van der Waals surface area contributed by atoms with Crippen molar-refractivity contribution in [3.63, 3.8) is 0 Å². The summed E-state index contributed by atoms with van der Waals surface area (Å²) in [4.78, 5) is 19.8. The number of nitrogens with zero attached hydrogens (tertiary/aromatic N) is 2. The normalized spacial score (nSPS) is 10.6. The quantitative estimate of drug-likeness (QED) is 0.296. The number of aryl methyl sites for hydroxylation is 1. The van der Waals surface area contributed by atoms with Crippen LogP contribution in [0.5, 0.6) is 0 Å². The van der Waals surface area contributed by atoms with Crippen LogP contribution in [0.3, 0.4) is 0 Å². The zero-order chi connectivity index (χ0) is 15.8. The lowest BCUT2D eigenvalue weighted by molar-refractivity contribution is 0.0954. The minimum Gasteiger partial charge on any atom is -0.370 e. The summed E-state index contributed by atoms with van der Waals surface area (Å²) in [5.74, 6) is 0.146. The third-order valence-corrected chi connectivity index (χ3v) is 2.93. The van der Waals surface area contributed by atoms with Crippen LogP contribution in [0, 0.1) is 6.92 Å². The van der Waals surface area contributed by atoms with Gasteiger partial charge in [0.1, 0.15) is 0 Å². The highest BCUT2D eigenvalue weighted by Crippen LogP contribution is 2.07. The monoisotopic (exact) mass is 425 g/mol. The largest absolute Gasteiger partial charge is 0.370 e. The second kappa shape index (κ2) is 9.78. The molecule has 4 N–H and O–H groups in total. The first-order valence-electron chi connectivity index (χ1n) is 6.97. The maximum Gasteiger partial charge on any atom is 0.252 e. The van der Waals surface area contributed by atoms with Crippen molar-refractivity contribution in [1.82, 2.24) is 10.3 Å². The highest BCUT2D eigenvalue weighted by Gasteiger charge is 2.03. The van der Waals surface area contributed by atoms with E-state index in [1.54, 1.807) is 18.3 Å². The van der Waals surface area contributed by atoms with E-state index in [4.69, 9.17) is 5.73 Å². The van der Waals surface area contributed by atoms with Gasteiger partial charge in [-0.05, 0) is 31.2 Å². The van der Waals surface area contributed by atoms with Gasteiger partial charge in [-0.2, -0.15) is 0 Å². The number of benzene rings is 1. The van der Waals surface area contributed by atoms with Gasteiger partial charge in [-0.25, -0.2) is 0 Å². The summed E-state index contributed by atoms with van der Waals surface area (Å²) in [6.07, 6.45) is 3.14. The molecule has 0 aliphatic heterocycles. The van der Waals surface area contributed by atoms with Crippen LogP contribution >= 0.6 is 24.0 Å². The average molecular weight is 425 g/mol. The lowest BCUT2D eigenvalue weighted by atomic mass is 10.2. The van der Waals surface area contributed by atoms with Gasteiger partial charge in [0.15, 0.2) is 5.96 Å². The van der Waals surface area contributed by atoms with Gasteiger partial charge in [0, 0.05) is 24.6 Å². The predicted octanol–water partition coefficient (Wildman–Crippen LogP) is 2.16. The molecule has 2 rings (SSSR count). The molecule has 1 aromatic heterocycles. The van der Waals surface area contributed by atoms with Gasteiger partial charge in [0.2, 0.25) is 0 Å². The van der Waals surface area contributed by atoms with Crippen molar-refractivity contribution in [2.45, 2.75) is 6.92 Å². The van der Waals surface area contributed by atoms with E-state index in [2.05, 4.69) is 20.6 Å². The van der Waals surface area contributed by atoms with Crippen LogP contribution in [0.2, 0.25) is 0 Å². The molecule has 0 aliphatic rings. The summed E-state index contributed by atoms with van der Waals surface area (Å²) in [6, 6.07) is 11.3. The van der Waals surface area contributed by atoms with Gasteiger partial charge in [0.05, 0.1) is 12.1 Å². The van der Waals surface area contributed by atoms with Crippen LogP contribution in [0.4, 0.5) is 5.69 Å². The van der Waals surface area contributed by atoms with Gasteiger partial charge in [-0.1, -0.05) is 17.7 Å². The van der Waals surface area contributed by atoms with Crippen LogP contribution in [0.15, 0.2) is 53.8 Å². The van der Waals surface area contributed by atoms with Crippen molar-refractivity contribution in [3.05, 3.63) is 59.9 Å². The number of amides is 1. The van der Waals surface area contributed by atoms with E-state index in [9.17, 15) is 4.79 Å². The molecule has 122 valence electrons. The van der Waals surface area contributed by atoms with E-state index in [-0.39, 0.29) is 29.9 Å². The molecule has 0 atom stereocenters. The molecule has 0 unspecified atom stereocenters. The molecule has 1 aromatic carbocycles. The van der Waals surface area contributed by atoms with Crippen molar-refractivity contribution in [1.29, 1.82) is 0 Å². The van der Waals surface area contributed by atoms with Gasteiger partial charge in [-0.3, -0.25) is 14.8 Å². The smallest absolute Gasteiger partial charge is 0.252 e. The van der Waals surface area contributed by atoms with E-state index >= 15 is 0 Å². The Hall–Kier alpha value is -2.16. The Kier molecular flexibility index (Phi) is 8.03. The van der Waals surface area contributed by atoms with Crippen LogP contribution in [0.25, 0.3) is 0 Å². The standard InChI is InChI=1S/C16H19N5O.HI/c1-12-4-6-14(7-5-12)21-16(17)20-10-9-19-15(22)13-3-2-8-18-11-13;/h2-8,11H,9-10H2,1H3,(H,19,22)(H3,17,20,21);1H. The number of hydrogen-bond acceptors (Lipinski definition) is 3. The highest BCUT2D eigenvalue weighted by molar-refractivity contribution is 14.0. The number of nitrogens with two attached hydrogens (primary N) is 1. The first kappa shape index (κ1) is 18.9. The fourth-order valence-electron chi connectivity index (χ4n) is 1.77. The minimum atomic E-state index is -0.173. The number of guanidine groups is 1. The van der Waals surface area contributed by atoms with E-state index in [1.165, 1.54) is 11.8 Å². The van der Waals surface area contributed by atoms with Gasteiger partial charge < -0.3 is 16.4 Å². The lowest BCUT2D eigenvalue weighted by Gasteiger charge is -2.06. The van der Waals surface area contributed by atoms with Crippen molar-refractivity contribution in [2.24, 2.45) is 10.7 Å². The second-order valence-corrected chi connectivity index (χ2v) is 4.76. The fourth-order valence-corrected chi connectivity index (χ4v) is 1.77. The number of carbonyl (C=O) groups excluding carboxylic acids is 1. The number of pyridine rings is 1. The maximum absolute atomic E-state index is 11.8. The SMILES string of the molecule is Cc1ccc(NC(N)=NCCNC(=O)c2cccnc2)cc1.I. The Morgan fingerprint density at radius 1 is 1.26 bits per heavy atom. The molecule has 23 heavy (non-hydrogen) atoms. The predicted molar refractivity (Wildman–Crippen MR) is 103 cm³/mol. The summed E-state index contributed by atoms with van der Waals surface area (Å²) >= 11 is 0. The lowest BCUT2D eigenvalue weighted by Crippen LogP contribution is -2.28. The van der Waals surface area contributed by atoms with E-state index in [1.807, 2.05) is 31.2 Å². The van der Waals surface area contributed by atoms with Crippen LogP contribution in [0.1, 0.15) is 15.9 Å². The first-order valence-corrected chi connectivity index (χ1v) is 6.97. The molecular weight excluding hydrogens is 405 g/mol. The number of aromatic nitrogens is 1. The Morgan fingerprint density at radius 2 is 2.00 bits per heavy atom. The van der Waals surface area contributed by atoms with Crippen molar-refractivity contribution in [2.75, 3.05) is 18.4 Å². The molecule has 0 aliphatic carbocycles. The third-order valence-electron chi connectivity index (χ3n) is 2.93. The number of aliphatic imine (C=N–C) groups is 1. The van der Waals surface area contributed by atoms with E-state index in [0.717, 1.165) is 5.69 Å². The number of anilines is 1. The van der Waals surface area contributed by atoms with Gasteiger partial charge in [-0.15, -0.1) is 24.0 Å². The molecular formula is C16H20IN5O. The second-order valence-electron chi connectivity index (χ2n) is 4.76. The van der Waals surface area contributed by atoms with Crippen molar-refractivity contribution < 1.29 is 4.79 Å². The molecule has 7 heteroatoms. The fraction of sp³-hybridized carbons (Fsp3) is 0.188. The summed E-state index contributed by atoms with van der Waals surface area (Å²) in [6.45, 7) is 2.83. The van der Waals surface area contributed by atoms with E-state index < -0.39 is 0 Å². The average Bonchev–Trinajstić information content (AvgIpc) is 2.54. The maximum atomic E-state index is 11.8.